The van der Waals surface area contributed by atoms with Crippen molar-refractivity contribution in [1.29, 1.82) is 0 Å². The van der Waals surface area contributed by atoms with E-state index in [-0.39, 0.29) is 12.3 Å². The zero-order valence-electron chi connectivity index (χ0n) is 11.2. The van der Waals surface area contributed by atoms with Gasteiger partial charge in [0.1, 0.15) is 4.88 Å². The number of nitrogens with one attached hydrogen (secondary N) is 1. The van der Waals surface area contributed by atoms with E-state index in [0.29, 0.717) is 10.6 Å². The van der Waals surface area contributed by atoms with Crippen LogP contribution in [0.15, 0.2) is 29.9 Å². The summed E-state index contributed by atoms with van der Waals surface area (Å²) in [6.07, 6.45) is 3.50. The van der Waals surface area contributed by atoms with Crippen LogP contribution in [-0.4, -0.2) is 24.0 Å². The molecule has 0 aromatic carbocycles. The number of anilines is 1. The molecule has 0 atom stereocenters. The van der Waals surface area contributed by atoms with Crippen LogP contribution in [0.25, 0.3) is 0 Å². The molecule has 0 fully saturated rings. The molecule has 0 saturated carbocycles. The average molecular weight is 290 g/mol. The molecule has 0 aliphatic rings. The first-order chi connectivity index (χ1) is 9.61. The van der Waals surface area contributed by atoms with E-state index < -0.39 is 5.97 Å². The van der Waals surface area contributed by atoms with Crippen molar-refractivity contribution < 1.29 is 14.3 Å². The summed E-state index contributed by atoms with van der Waals surface area (Å²) in [4.78, 5) is 28.0. The Balaban J connectivity index is 2.12. The molecule has 0 spiro atoms. The third-order valence-electron chi connectivity index (χ3n) is 2.70. The standard InChI is InChI=1S/C14H14N2O3S/c1-9-8-20-13(14(18)19-2)12(9)16-11(17)6-10-4-3-5-15-7-10/h3-5,7-8H,6H2,1-2H3,(H,16,17). The molecule has 2 heterocycles. The van der Waals surface area contributed by atoms with Gasteiger partial charge in [-0.05, 0) is 29.5 Å². The van der Waals surface area contributed by atoms with Gasteiger partial charge < -0.3 is 10.1 Å². The number of rotatable bonds is 4. The van der Waals surface area contributed by atoms with Crippen LogP contribution < -0.4 is 5.32 Å². The monoisotopic (exact) mass is 290 g/mol. The Morgan fingerprint density at radius 3 is 2.90 bits per heavy atom. The van der Waals surface area contributed by atoms with E-state index in [1.54, 1.807) is 18.5 Å². The number of nitrogens with zero attached hydrogens (tertiary/aromatic N) is 1. The number of pyridine rings is 1. The third-order valence-corrected chi connectivity index (χ3v) is 3.78. The first kappa shape index (κ1) is 14.2. The summed E-state index contributed by atoms with van der Waals surface area (Å²) in [5.74, 6) is -0.635. The van der Waals surface area contributed by atoms with Crippen LogP contribution in [0.1, 0.15) is 20.8 Å². The molecule has 1 N–H and O–H groups in total. The van der Waals surface area contributed by atoms with Crippen LogP contribution in [0.5, 0.6) is 0 Å². The number of carbonyl (C=O) groups is 2. The van der Waals surface area contributed by atoms with E-state index in [2.05, 4.69) is 10.3 Å². The Morgan fingerprint density at radius 2 is 2.25 bits per heavy atom. The van der Waals surface area contributed by atoms with E-state index in [4.69, 9.17) is 4.74 Å². The minimum atomic E-state index is -0.445. The summed E-state index contributed by atoms with van der Waals surface area (Å²) in [5.41, 5.74) is 2.18. The van der Waals surface area contributed by atoms with Gasteiger partial charge in [0.2, 0.25) is 5.91 Å². The molecular weight excluding hydrogens is 276 g/mol. The van der Waals surface area contributed by atoms with Gasteiger partial charge in [-0.25, -0.2) is 4.79 Å². The quantitative estimate of drug-likeness (QED) is 0.878. The predicted octanol–water partition coefficient (Wildman–Crippen LogP) is 2.42. The lowest BCUT2D eigenvalue weighted by Gasteiger charge is -2.07. The first-order valence-electron chi connectivity index (χ1n) is 5.97. The molecule has 104 valence electrons. The lowest BCUT2D eigenvalue weighted by Crippen LogP contribution is -2.16. The van der Waals surface area contributed by atoms with Gasteiger partial charge in [-0.2, -0.15) is 0 Å². The second-order valence-corrected chi connectivity index (χ2v) is 5.08. The molecular formula is C14H14N2O3S. The van der Waals surface area contributed by atoms with Crippen LogP contribution in [0.2, 0.25) is 0 Å². The fourth-order valence-corrected chi connectivity index (χ4v) is 2.64. The number of ether oxygens (including phenoxy) is 1. The SMILES string of the molecule is COC(=O)c1scc(C)c1NC(=O)Cc1cccnc1. The molecule has 0 bridgehead atoms. The number of methoxy groups -OCH3 is 1. The van der Waals surface area contributed by atoms with E-state index in [1.807, 2.05) is 18.4 Å². The minimum absolute atomic E-state index is 0.190. The van der Waals surface area contributed by atoms with Gasteiger partial charge in [0.15, 0.2) is 0 Å². The minimum Gasteiger partial charge on any atom is -0.465 e. The van der Waals surface area contributed by atoms with Crippen LogP contribution >= 0.6 is 11.3 Å². The number of hydrogen-bond acceptors (Lipinski definition) is 5. The summed E-state index contributed by atoms with van der Waals surface area (Å²) in [5, 5.41) is 4.58. The summed E-state index contributed by atoms with van der Waals surface area (Å²) >= 11 is 1.26. The molecule has 0 unspecified atom stereocenters. The Labute approximate surface area is 120 Å². The first-order valence-corrected chi connectivity index (χ1v) is 6.85. The van der Waals surface area contributed by atoms with Crippen LogP contribution in [0.4, 0.5) is 5.69 Å². The lowest BCUT2D eigenvalue weighted by molar-refractivity contribution is -0.115. The number of hydrogen-bond donors (Lipinski definition) is 1. The Hall–Kier alpha value is -2.21. The number of aryl methyl sites for hydroxylation is 1. The van der Waals surface area contributed by atoms with Gasteiger partial charge in [0.25, 0.3) is 0 Å². The van der Waals surface area contributed by atoms with Crippen LogP contribution in [0, 0.1) is 6.92 Å². The number of carbonyl (C=O) groups excluding carboxylic acids is 2. The molecule has 20 heavy (non-hydrogen) atoms. The topological polar surface area (TPSA) is 68.3 Å². The Kier molecular flexibility index (Phi) is 4.47. The highest BCUT2D eigenvalue weighted by Gasteiger charge is 2.18. The summed E-state index contributed by atoms with van der Waals surface area (Å²) in [6.45, 7) is 1.84. The molecule has 0 radical (unpaired) electrons. The highest BCUT2D eigenvalue weighted by molar-refractivity contribution is 7.12. The van der Waals surface area contributed by atoms with Crippen molar-refractivity contribution in [2.45, 2.75) is 13.3 Å². The van der Waals surface area contributed by atoms with Crippen molar-refractivity contribution >= 4 is 28.9 Å². The normalized spacial score (nSPS) is 10.1. The Morgan fingerprint density at radius 1 is 1.45 bits per heavy atom. The van der Waals surface area contributed by atoms with Crippen molar-refractivity contribution in [3.05, 3.63) is 45.9 Å². The highest BCUT2D eigenvalue weighted by Crippen LogP contribution is 2.28. The van der Waals surface area contributed by atoms with E-state index in [1.165, 1.54) is 18.4 Å². The summed E-state index contributed by atoms with van der Waals surface area (Å²) < 4.78 is 4.70. The molecule has 2 aromatic heterocycles. The number of thiophene rings is 1. The van der Waals surface area contributed by atoms with Crippen molar-refractivity contribution in [1.82, 2.24) is 4.98 Å². The molecule has 6 heteroatoms. The number of amides is 1. The van der Waals surface area contributed by atoms with Gasteiger partial charge in [0.05, 0.1) is 19.2 Å². The van der Waals surface area contributed by atoms with Crippen LogP contribution in [0.3, 0.4) is 0 Å². The van der Waals surface area contributed by atoms with Crippen LogP contribution in [-0.2, 0) is 16.0 Å². The third kappa shape index (κ3) is 3.21. The highest BCUT2D eigenvalue weighted by atomic mass is 32.1. The van der Waals surface area contributed by atoms with E-state index >= 15 is 0 Å². The maximum absolute atomic E-state index is 12.0. The second kappa shape index (κ2) is 6.29. The van der Waals surface area contributed by atoms with Gasteiger partial charge in [0, 0.05) is 12.4 Å². The van der Waals surface area contributed by atoms with E-state index in [0.717, 1.165) is 11.1 Å². The molecule has 0 saturated heterocycles. The fraction of sp³-hybridized carbons (Fsp3) is 0.214. The molecule has 1 amide bonds. The van der Waals surface area contributed by atoms with Gasteiger partial charge >= 0.3 is 5.97 Å². The molecule has 2 rings (SSSR count). The Bertz CT molecular complexity index is 623. The van der Waals surface area contributed by atoms with Crippen molar-refractivity contribution in [3.8, 4) is 0 Å². The van der Waals surface area contributed by atoms with E-state index in [9.17, 15) is 9.59 Å². The van der Waals surface area contributed by atoms with Gasteiger partial charge in [-0.15, -0.1) is 11.3 Å². The maximum Gasteiger partial charge on any atom is 0.350 e. The smallest absolute Gasteiger partial charge is 0.350 e. The summed E-state index contributed by atoms with van der Waals surface area (Å²) in [7, 11) is 1.32. The maximum atomic E-state index is 12.0. The van der Waals surface area contributed by atoms with Crippen molar-refractivity contribution in [2.75, 3.05) is 12.4 Å². The van der Waals surface area contributed by atoms with Crippen molar-refractivity contribution in [3.63, 3.8) is 0 Å². The predicted molar refractivity (Wildman–Crippen MR) is 77.0 cm³/mol. The zero-order chi connectivity index (χ0) is 14.5. The number of aromatic nitrogens is 1. The molecule has 0 aliphatic heterocycles. The average Bonchev–Trinajstić information content (AvgIpc) is 2.80. The molecule has 0 aliphatic carbocycles. The largest absolute Gasteiger partial charge is 0.465 e. The zero-order valence-corrected chi connectivity index (χ0v) is 12.0. The molecule has 5 nitrogen and oxygen atoms in total. The lowest BCUT2D eigenvalue weighted by atomic mass is 10.2. The summed E-state index contributed by atoms with van der Waals surface area (Å²) in [6, 6.07) is 3.60. The van der Waals surface area contributed by atoms with Gasteiger partial charge in [-0.1, -0.05) is 6.07 Å². The molecule has 2 aromatic rings. The van der Waals surface area contributed by atoms with Gasteiger partial charge in [-0.3, -0.25) is 9.78 Å². The number of esters is 1. The van der Waals surface area contributed by atoms with Crippen molar-refractivity contribution in [2.24, 2.45) is 0 Å². The fourth-order valence-electron chi connectivity index (χ4n) is 1.71. The second-order valence-electron chi connectivity index (χ2n) is 4.20.